The van der Waals surface area contributed by atoms with Crippen LogP contribution in [0.1, 0.15) is 29.2 Å². The van der Waals surface area contributed by atoms with E-state index in [1.165, 1.54) is 21.9 Å². The van der Waals surface area contributed by atoms with E-state index < -0.39 is 0 Å². The molecule has 0 bridgehead atoms. The second-order valence-electron chi connectivity index (χ2n) is 14.0. The summed E-state index contributed by atoms with van der Waals surface area (Å²) in [5.41, 5.74) is 14.7. The van der Waals surface area contributed by atoms with Gasteiger partial charge in [0.25, 0.3) is 0 Å². The zero-order valence-electron chi connectivity index (χ0n) is 31.3. The van der Waals surface area contributed by atoms with E-state index in [-0.39, 0.29) is 0 Å². The van der Waals surface area contributed by atoms with Crippen molar-refractivity contribution in [3.05, 3.63) is 223 Å². The number of benzene rings is 7. The number of rotatable bonds is 9. The van der Waals surface area contributed by atoms with Gasteiger partial charge in [0.05, 0.1) is 34.2 Å². The van der Waals surface area contributed by atoms with E-state index >= 15 is 0 Å². The molecule has 0 fully saturated rings. The molecule has 9 rings (SSSR count). The zero-order chi connectivity index (χ0) is 37.8. The number of nitrogens with zero attached hydrogens (tertiary/aromatic N) is 4. The van der Waals surface area contributed by atoms with Crippen LogP contribution in [0.25, 0.3) is 61.9 Å². The van der Waals surface area contributed by atoms with Gasteiger partial charge in [-0.25, -0.2) is 9.69 Å². The lowest BCUT2D eigenvalue weighted by molar-refractivity contribution is 0.892. The fraction of sp³-hybridized carbons (Fsp3) is 0.0385. The number of hydrazone groups is 1. The molecule has 4 nitrogen and oxygen atoms in total. The molecule has 0 N–H and O–H groups in total. The Hall–Kier alpha value is -7.30. The normalized spacial score (nSPS) is 12.3. The molecule has 268 valence electrons. The summed E-state index contributed by atoms with van der Waals surface area (Å²) in [6, 6.07) is 61.5. The van der Waals surface area contributed by atoms with Gasteiger partial charge in [0.2, 0.25) is 0 Å². The van der Waals surface area contributed by atoms with Crippen molar-refractivity contribution in [1.29, 1.82) is 0 Å². The maximum absolute atomic E-state index is 5.24. The molecule has 0 saturated heterocycles. The summed E-state index contributed by atoms with van der Waals surface area (Å²) in [5.74, 6) is 0. The molecule has 1 aromatic heterocycles. The van der Waals surface area contributed by atoms with Crippen molar-refractivity contribution in [2.75, 3.05) is 5.01 Å². The smallest absolute Gasteiger partial charge is 0.0940 e. The molecule has 0 atom stereocenters. The summed E-state index contributed by atoms with van der Waals surface area (Å²) >= 11 is 0. The summed E-state index contributed by atoms with van der Waals surface area (Å²) in [6.45, 7) is 6.58. The first-order chi connectivity index (χ1) is 27.6. The van der Waals surface area contributed by atoms with Crippen molar-refractivity contribution in [2.24, 2.45) is 5.10 Å². The van der Waals surface area contributed by atoms with Gasteiger partial charge in [0.15, 0.2) is 0 Å². The predicted octanol–water partition coefficient (Wildman–Crippen LogP) is 13.1. The Morgan fingerprint density at radius 2 is 1.34 bits per heavy atom. The number of hydrogen-bond donors (Lipinski definition) is 0. The average Bonchev–Trinajstić information content (AvgIpc) is 3.57. The highest BCUT2D eigenvalue weighted by atomic mass is 15.5. The van der Waals surface area contributed by atoms with Gasteiger partial charge in [-0.1, -0.05) is 176 Å². The van der Waals surface area contributed by atoms with Gasteiger partial charge in [-0.3, -0.25) is 0 Å². The minimum atomic E-state index is 0.800. The molecule has 8 aromatic rings. The van der Waals surface area contributed by atoms with Gasteiger partial charge >= 0.3 is 0 Å². The van der Waals surface area contributed by atoms with Crippen LogP contribution >= 0.6 is 0 Å². The molecular formula is C52H40N4. The monoisotopic (exact) mass is 720 g/mol. The van der Waals surface area contributed by atoms with Crippen molar-refractivity contribution >= 4 is 33.9 Å². The van der Waals surface area contributed by atoms with Crippen LogP contribution in [0.2, 0.25) is 0 Å². The molecule has 1 aliphatic rings. The van der Waals surface area contributed by atoms with Gasteiger partial charge in [0.1, 0.15) is 0 Å². The molecule has 0 spiro atoms. The Morgan fingerprint density at radius 3 is 2.12 bits per heavy atom. The highest BCUT2D eigenvalue weighted by molar-refractivity contribution is 6.10. The number of hydrogen-bond acceptors (Lipinski definition) is 3. The lowest BCUT2D eigenvalue weighted by atomic mass is 9.97. The zero-order valence-corrected chi connectivity index (χ0v) is 31.3. The number of fused-ring (bicyclic) bond motifs is 2. The molecule has 1 heterocycles. The molecule has 1 aliphatic carbocycles. The van der Waals surface area contributed by atoms with E-state index in [1.807, 2.05) is 23.2 Å². The van der Waals surface area contributed by atoms with Gasteiger partial charge in [0, 0.05) is 16.7 Å². The van der Waals surface area contributed by atoms with Crippen LogP contribution in [-0.4, -0.2) is 15.5 Å². The summed E-state index contributed by atoms with van der Waals surface area (Å²) in [7, 11) is 0. The van der Waals surface area contributed by atoms with E-state index in [0.29, 0.717) is 0 Å². The second-order valence-corrected chi connectivity index (χ2v) is 14.0. The molecule has 0 amide bonds. The minimum absolute atomic E-state index is 0.800. The third kappa shape index (κ3) is 6.81. The van der Waals surface area contributed by atoms with Crippen molar-refractivity contribution in [2.45, 2.75) is 13.3 Å². The lowest BCUT2D eigenvalue weighted by Crippen LogP contribution is -2.17. The Balaban J connectivity index is 1.05. The van der Waals surface area contributed by atoms with Crippen LogP contribution < -0.4 is 5.01 Å². The highest BCUT2D eigenvalue weighted by Gasteiger charge is 2.18. The molecule has 4 heteroatoms. The van der Waals surface area contributed by atoms with E-state index in [9.17, 15) is 0 Å². The van der Waals surface area contributed by atoms with E-state index in [0.717, 1.165) is 74.0 Å². The van der Waals surface area contributed by atoms with Crippen LogP contribution in [0.3, 0.4) is 0 Å². The summed E-state index contributed by atoms with van der Waals surface area (Å²) in [5, 5.41) is 14.8. The van der Waals surface area contributed by atoms with Crippen molar-refractivity contribution in [1.82, 2.24) is 9.78 Å². The van der Waals surface area contributed by atoms with Gasteiger partial charge in [-0.2, -0.15) is 10.2 Å². The van der Waals surface area contributed by atoms with Crippen LogP contribution in [0.15, 0.2) is 206 Å². The van der Waals surface area contributed by atoms with Crippen LogP contribution in [0.4, 0.5) is 5.69 Å². The fourth-order valence-corrected chi connectivity index (χ4v) is 7.52. The average molecular weight is 721 g/mol. The third-order valence-corrected chi connectivity index (χ3v) is 10.4. The maximum Gasteiger partial charge on any atom is 0.0940 e. The number of anilines is 1. The third-order valence-electron chi connectivity index (χ3n) is 10.4. The largest absolute Gasteiger partial charge is 0.234 e. The highest BCUT2D eigenvalue weighted by Crippen LogP contribution is 2.35. The molecule has 7 aromatic carbocycles. The Kier molecular flexibility index (Phi) is 9.36. The quantitative estimate of drug-likeness (QED) is 0.110. The Labute approximate surface area is 328 Å². The molecule has 0 unspecified atom stereocenters. The van der Waals surface area contributed by atoms with Crippen molar-refractivity contribution in [3.8, 4) is 39.3 Å². The van der Waals surface area contributed by atoms with Crippen LogP contribution in [-0.2, 0) is 6.42 Å². The standard InChI is InChI=1S/C52H40N4/c1-37(47-26-14-22-42-19-12-13-25-48(42)47)53-55(38(2)39-16-6-3-7-17-39)45-32-28-40(29-33-45)41-30-34-46(35-31-41)56-52(44-20-9-4-10-21-44)36-51(54-56)50-27-15-23-43-18-8-5-11-24-49(43)50/h3-17,19-36H,2,18H2,1H3/b53-37+. The number of aromatic nitrogens is 2. The topological polar surface area (TPSA) is 33.4 Å². The first-order valence-corrected chi connectivity index (χ1v) is 19.0. The second kappa shape index (κ2) is 15.2. The predicted molar refractivity (Wildman–Crippen MR) is 236 cm³/mol. The molecular weight excluding hydrogens is 681 g/mol. The first kappa shape index (κ1) is 34.5. The van der Waals surface area contributed by atoms with Crippen LogP contribution in [0, 0.1) is 0 Å². The number of allylic oxidation sites excluding steroid dienone is 3. The summed E-state index contributed by atoms with van der Waals surface area (Å²) in [4.78, 5) is 0. The first-order valence-electron chi connectivity index (χ1n) is 19.0. The van der Waals surface area contributed by atoms with Crippen molar-refractivity contribution < 1.29 is 0 Å². The van der Waals surface area contributed by atoms with Gasteiger partial charge in [-0.05, 0) is 82.3 Å². The molecule has 56 heavy (non-hydrogen) atoms. The van der Waals surface area contributed by atoms with E-state index in [2.05, 4.69) is 200 Å². The minimum Gasteiger partial charge on any atom is -0.234 e. The molecule has 0 radical (unpaired) electrons. The van der Waals surface area contributed by atoms with Crippen LogP contribution in [0.5, 0.6) is 0 Å². The SMILES string of the molecule is C=C(c1ccccc1)N(/N=C(\C)c1cccc2ccccc12)c1ccc(-c2ccc(-n3nc(-c4cccc5c4C=CC=CC5)cc3-c3ccccc3)cc2)cc1. The van der Waals surface area contributed by atoms with E-state index in [4.69, 9.17) is 10.2 Å². The molecule has 0 aliphatic heterocycles. The summed E-state index contributed by atoms with van der Waals surface area (Å²) < 4.78 is 2.07. The Bertz CT molecular complexity index is 2760. The van der Waals surface area contributed by atoms with Crippen molar-refractivity contribution in [3.63, 3.8) is 0 Å². The fourth-order valence-electron chi connectivity index (χ4n) is 7.52. The van der Waals surface area contributed by atoms with Gasteiger partial charge < -0.3 is 0 Å². The lowest BCUT2D eigenvalue weighted by Gasteiger charge is -2.23. The summed E-state index contributed by atoms with van der Waals surface area (Å²) in [6.07, 6.45) is 9.54. The maximum atomic E-state index is 5.24. The van der Waals surface area contributed by atoms with Gasteiger partial charge in [-0.15, -0.1) is 0 Å². The Morgan fingerprint density at radius 1 is 0.661 bits per heavy atom. The molecule has 0 saturated carbocycles. The van der Waals surface area contributed by atoms with E-state index in [1.54, 1.807) is 0 Å².